The molecule has 148 valence electrons. The van der Waals surface area contributed by atoms with Crippen LogP contribution in [0.15, 0.2) is 59.3 Å². The Morgan fingerprint density at radius 1 is 1.17 bits per heavy atom. The van der Waals surface area contributed by atoms with Crippen molar-refractivity contribution in [3.8, 4) is 0 Å². The number of nitro groups is 1. The summed E-state index contributed by atoms with van der Waals surface area (Å²) in [6.45, 7) is 3.56. The van der Waals surface area contributed by atoms with E-state index >= 15 is 0 Å². The highest BCUT2D eigenvalue weighted by atomic mass is 35.5. The van der Waals surface area contributed by atoms with E-state index in [1.165, 1.54) is 36.3 Å². The number of methoxy groups -OCH3 is 1. The number of esters is 1. The minimum Gasteiger partial charge on any atom is -0.465 e. The lowest BCUT2D eigenvalue weighted by Gasteiger charge is -2.18. The molecule has 0 spiro atoms. The summed E-state index contributed by atoms with van der Waals surface area (Å²) in [5.74, 6) is -1.13. The zero-order valence-corrected chi connectivity index (χ0v) is 16.7. The van der Waals surface area contributed by atoms with E-state index in [-0.39, 0.29) is 27.4 Å². The molecule has 8 heteroatoms. The van der Waals surface area contributed by atoms with Crippen LogP contribution in [-0.4, -0.2) is 23.9 Å². The van der Waals surface area contributed by atoms with Crippen LogP contribution in [0.2, 0.25) is 5.02 Å². The number of carbonyl (C=O) groups is 2. The van der Waals surface area contributed by atoms with Gasteiger partial charge in [0.1, 0.15) is 0 Å². The normalized spacial score (nSPS) is 15.2. The van der Waals surface area contributed by atoms with Gasteiger partial charge in [0.15, 0.2) is 0 Å². The Bertz CT molecular complexity index is 1090. The zero-order chi connectivity index (χ0) is 21.3. The SMILES string of the molecule is COC(=O)C1=C(C)N(c2ccc(C)cc2)C(=O)/C1=C\c1cc([N+](=O)[O-])ccc1Cl. The van der Waals surface area contributed by atoms with Gasteiger partial charge in [-0.15, -0.1) is 0 Å². The van der Waals surface area contributed by atoms with E-state index in [4.69, 9.17) is 16.3 Å². The quantitative estimate of drug-likeness (QED) is 0.320. The third-order valence-electron chi connectivity index (χ3n) is 4.57. The highest BCUT2D eigenvalue weighted by Gasteiger charge is 2.38. The van der Waals surface area contributed by atoms with Crippen LogP contribution in [0.1, 0.15) is 18.1 Å². The molecular formula is C21H17ClN2O5. The number of nitro benzene ring substituents is 1. The molecule has 0 radical (unpaired) electrons. The second kappa shape index (κ2) is 7.89. The Morgan fingerprint density at radius 3 is 2.41 bits per heavy atom. The molecule has 1 aliphatic heterocycles. The van der Waals surface area contributed by atoms with Crippen molar-refractivity contribution >= 4 is 40.9 Å². The molecule has 0 fully saturated rings. The number of anilines is 1. The maximum absolute atomic E-state index is 13.2. The average Bonchev–Trinajstić information content (AvgIpc) is 2.93. The molecule has 1 heterocycles. The maximum Gasteiger partial charge on any atom is 0.340 e. The molecule has 0 saturated carbocycles. The molecule has 0 N–H and O–H groups in total. The van der Waals surface area contributed by atoms with Crippen molar-refractivity contribution in [2.24, 2.45) is 0 Å². The summed E-state index contributed by atoms with van der Waals surface area (Å²) >= 11 is 6.17. The monoisotopic (exact) mass is 412 g/mol. The molecule has 1 aliphatic rings. The molecule has 0 saturated heterocycles. The number of hydrogen-bond donors (Lipinski definition) is 0. The zero-order valence-electron chi connectivity index (χ0n) is 15.9. The van der Waals surface area contributed by atoms with Gasteiger partial charge in [-0.3, -0.25) is 19.8 Å². The third-order valence-corrected chi connectivity index (χ3v) is 4.92. The van der Waals surface area contributed by atoms with Crippen molar-refractivity contribution in [3.63, 3.8) is 0 Å². The van der Waals surface area contributed by atoms with Crippen LogP contribution in [-0.2, 0) is 14.3 Å². The summed E-state index contributed by atoms with van der Waals surface area (Å²) in [4.78, 5) is 37.5. The Labute approximate surface area is 172 Å². The van der Waals surface area contributed by atoms with Crippen LogP contribution < -0.4 is 4.90 Å². The minimum absolute atomic E-state index is 0.0531. The number of non-ortho nitro benzene ring substituents is 1. The number of rotatable bonds is 4. The first-order chi connectivity index (χ1) is 13.7. The van der Waals surface area contributed by atoms with Gasteiger partial charge in [-0.2, -0.15) is 0 Å². The summed E-state index contributed by atoms with van der Waals surface area (Å²) < 4.78 is 4.86. The van der Waals surface area contributed by atoms with E-state index in [2.05, 4.69) is 0 Å². The van der Waals surface area contributed by atoms with Gasteiger partial charge in [0, 0.05) is 34.1 Å². The number of carbonyl (C=O) groups excluding carboxylic acids is 2. The van der Waals surface area contributed by atoms with Gasteiger partial charge in [-0.1, -0.05) is 29.3 Å². The van der Waals surface area contributed by atoms with Crippen LogP contribution in [0.4, 0.5) is 11.4 Å². The van der Waals surface area contributed by atoms with Crippen molar-refractivity contribution < 1.29 is 19.2 Å². The lowest BCUT2D eigenvalue weighted by Crippen LogP contribution is -2.24. The van der Waals surface area contributed by atoms with E-state index in [0.29, 0.717) is 11.4 Å². The molecule has 0 unspecified atom stereocenters. The van der Waals surface area contributed by atoms with Gasteiger partial charge in [-0.25, -0.2) is 4.79 Å². The Balaban J connectivity index is 2.17. The van der Waals surface area contributed by atoms with E-state index in [1.807, 2.05) is 19.1 Å². The molecule has 29 heavy (non-hydrogen) atoms. The molecule has 0 atom stereocenters. The van der Waals surface area contributed by atoms with E-state index in [0.717, 1.165) is 5.56 Å². The molecular weight excluding hydrogens is 396 g/mol. The average molecular weight is 413 g/mol. The molecule has 0 aliphatic carbocycles. The molecule has 7 nitrogen and oxygen atoms in total. The number of benzene rings is 2. The number of ether oxygens (including phenoxy) is 1. The fraction of sp³-hybridized carbons (Fsp3) is 0.143. The van der Waals surface area contributed by atoms with Gasteiger partial charge in [0.2, 0.25) is 0 Å². The summed E-state index contributed by atoms with van der Waals surface area (Å²) in [5, 5.41) is 11.3. The smallest absolute Gasteiger partial charge is 0.340 e. The third kappa shape index (κ3) is 3.77. The molecule has 2 aromatic carbocycles. The molecule has 0 bridgehead atoms. The van der Waals surface area contributed by atoms with Crippen LogP contribution >= 0.6 is 11.6 Å². The van der Waals surface area contributed by atoms with Crippen LogP contribution in [0.5, 0.6) is 0 Å². The Morgan fingerprint density at radius 2 is 1.83 bits per heavy atom. The lowest BCUT2D eigenvalue weighted by molar-refractivity contribution is -0.384. The predicted octanol–water partition coefficient (Wildman–Crippen LogP) is 4.43. The van der Waals surface area contributed by atoms with Crippen molar-refractivity contribution in [2.75, 3.05) is 12.0 Å². The number of nitrogens with zero attached hydrogens (tertiary/aromatic N) is 2. The van der Waals surface area contributed by atoms with Crippen molar-refractivity contribution in [1.29, 1.82) is 0 Å². The number of allylic oxidation sites excluding steroid dienone is 1. The second-order valence-electron chi connectivity index (χ2n) is 6.45. The van der Waals surface area contributed by atoms with Gasteiger partial charge in [0.05, 0.1) is 23.2 Å². The van der Waals surface area contributed by atoms with Gasteiger partial charge >= 0.3 is 5.97 Å². The number of amides is 1. The maximum atomic E-state index is 13.2. The summed E-state index contributed by atoms with van der Waals surface area (Å²) in [6.07, 6.45) is 1.38. The highest BCUT2D eigenvalue weighted by molar-refractivity contribution is 6.32. The van der Waals surface area contributed by atoms with Crippen molar-refractivity contribution in [2.45, 2.75) is 13.8 Å². The van der Waals surface area contributed by atoms with Gasteiger partial charge in [0.25, 0.3) is 11.6 Å². The summed E-state index contributed by atoms with van der Waals surface area (Å²) in [6, 6.07) is 11.1. The topological polar surface area (TPSA) is 89.8 Å². The molecule has 1 amide bonds. The minimum atomic E-state index is -0.682. The summed E-state index contributed by atoms with van der Waals surface area (Å²) in [7, 11) is 1.22. The van der Waals surface area contributed by atoms with Crippen molar-refractivity contribution in [3.05, 3.63) is 85.6 Å². The lowest BCUT2D eigenvalue weighted by atomic mass is 10.0. The van der Waals surface area contributed by atoms with Crippen LogP contribution in [0.25, 0.3) is 6.08 Å². The van der Waals surface area contributed by atoms with E-state index in [1.54, 1.807) is 19.1 Å². The highest BCUT2D eigenvalue weighted by Crippen LogP contribution is 2.36. The Hall–Kier alpha value is -3.45. The largest absolute Gasteiger partial charge is 0.465 e. The predicted molar refractivity (Wildman–Crippen MR) is 109 cm³/mol. The fourth-order valence-corrected chi connectivity index (χ4v) is 3.27. The molecule has 0 aromatic heterocycles. The van der Waals surface area contributed by atoms with Gasteiger partial charge in [-0.05, 0) is 38.1 Å². The number of aryl methyl sites for hydroxylation is 1. The standard InChI is InChI=1S/C21H17ClN2O5/c1-12-4-6-15(7-5-12)23-13(2)19(21(26)29-3)17(20(23)25)11-14-10-16(24(27)28)8-9-18(14)22/h4-11H,1-3H3/b17-11-. The second-order valence-corrected chi connectivity index (χ2v) is 6.86. The molecule has 2 aromatic rings. The first-order valence-electron chi connectivity index (χ1n) is 8.61. The van der Waals surface area contributed by atoms with Gasteiger partial charge < -0.3 is 4.74 Å². The molecule has 3 rings (SSSR count). The van der Waals surface area contributed by atoms with Crippen molar-refractivity contribution in [1.82, 2.24) is 0 Å². The van der Waals surface area contributed by atoms with E-state index < -0.39 is 16.8 Å². The number of halogens is 1. The van der Waals surface area contributed by atoms with E-state index in [9.17, 15) is 19.7 Å². The summed E-state index contributed by atoms with van der Waals surface area (Å²) in [5.41, 5.74) is 2.23. The van der Waals surface area contributed by atoms with Crippen LogP contribution in [0, 0.1) is 17.0 Å². The fourth-order valence-electron chi connectivity index (χ4n) is 3.10. The first-order valence-corrected chi connectivity index (χ1v) is 8.98. The Kier molecular flexibility index (Phi) is 5.52. The first kappa shape index (κ1) is 20.3. The van der Waals surface area contributed by atoms with Crippen LogP contribution in [0.3, 0.4) is 0 Å². The number of hydrogen-bond acceptors (Lipinski definition) is 5.